The van der Waals surface area contributed by atoms with Gasteiger partial charge in [-0.1, -0.05) is 24.3 Å². The zero-order chi connectivity index (χ0) is 20.2. The minimum Gasteiger partial charge on any atom is -0.394 e. The van der Waals surface area contributed by atoms with E-state index in [0.717, 1.165) is 6.26 Å². The van der Waals surface area contributed by atoms with Crippen molar-refractivity contribution in [3.63, 3.8) is 0 Å². The van der Waals surface area contributed by atoms with Gasteiger partial charge in [-0.25, -0.2) is 21.9 Å². The number of nitrogens with zero attached hydrogens (tertiary/aromatic N) is 1. The molecule has 146 valence electrons. The van der Waals surface area contributed by atoms with Crippen LogP contribution in [0.1, 0.15) is 0 Å². The summed E-state index contributed by atoms with van der Waals surface area (Å²) in [6.45, 7) is -0.709. The highest BCUT2D eigenvalue weighted by molar-refractivity contribution is 7.91. The number of aliphatic hydroxyl groups excluding tert-OH is 1. The van der Waals surface area contributed by atoms with Crippen molar-refractivity contribution in [1.82, 2.24) is 5.06 Å². The van der Waals surface area contributed by atoms with Gasteiger partial charge in [0.1, 0.15) is 0 Å². The summed E-state index contributed by atoms with van der Waals surface area (Å²) in [5.74, 6) is -0.638. The van der Waals surface area contributed by atoms with Crippen molar-refractivity contribution in [2.24, 2.45) is 0 Å². The molecular formula is C17H19NO7S2. The van der Waals surface area contributed by atoms with Crippen LogP contribution in [0.3, 0.4) is 0 Å². The highest BCUT2D eigenvalue weighted by atomic mass is 32.2. The van der Waals surface area contributed by atoms with Crippen molar-refractivity contribution in [1.29, 1.82) is 0 Å². The summed E-state index contributed by atoms with van der Waals surface area (Å²) in [6.07, 6.45) is 1.14. The Labute approximate surface area is 157 Å². The van der Waals surface area contributed by atoms with E-state index in [1.165, 1.54) is 24.3 Å². The lowest BCUT2D eigenvalue weighted by atomic mass is 10.1. The SMILES string of the molecule is CS(=O)(=O)c1ccc(-c2ccc(S(=O)(=O)CC(CO)N(O)C=O)cc2)cc1. The van der Waals surface area contributed by atoms with Gasteiger partial charge < -0.3 is 5.11 Å². The van der Waals surface area contributed by atoms with Gasteiger partial charge >= 0.3 is 0 Å². The lowest BCUT2D eigenvalue weighted by molar-refractivity contribution is -0.161. The molecular weight excluding hydrogens is 394 g/mol. The fourth-order valence-corrected chi connectivity index (χ4v) is 4.54. The summed E-state index contributed by atoms with van der Waals surface area (Å²) in [5, 5.41) is 18.6. The van der Waals surface area contributed by atoms with Gasteiger partial charge in [0.2, 0.25) is 6.41 Å². The highest BCUT2D eigenvalue weighted by Crippen LogP contribution is 2.24. The van der Waals surface area contributed by atoms with Gasteiger partial charge in [0.05, 0.1) is 28.2 Å². The monoisotopic (exact) mass is 413 g/mol. The molecule has 0 bridgehead atoms. The lowest BCUT2D eigenvalue weighted by Crippen LogP contribution is -2.39. The second-order valence-electron chi connectivity index (χ2n) is 5.92. The van der Waals surface area contributed by atoms with Gasteiger partial charge in [-0.2, -0.15) is 0 Å². The summed E-state index contributed by atoms with van der Waals surface area (Å²) in [4.78, 5) is 10.7. The Hall–Kier alpha value is -2.27. The zero-order valence-electron chi connectivity index (χ0n) is 14.4. The zero-order valence-corrected chi connectivity index (χ0v) is 16.0. The number of carbonyl (C=O) groups is 1. The number of aliphatic hydroxyl groups is 1. The first-order valence-corrected chi connectivity index (χ1v) is 11.3. The van der Waals surface area contributed by atoms with Crippen LogP contribution in [0.5, 0.6) is 0 Å². The summed E-state index contributed by atoms with van der Waals surface area (Å²) in [7, 11) is -7.15. The van der Waals surface area contributed by atoms with Crippen LogP contribution >= 0.6 is 0 Å². The Kier molecular flexibility index (Phi) is 6.37. The molecule has 0 saturated carbocycles. The number of carbonyl (C=O) groups excluding carboxylic acids is 1. The van der Waals surface area contributed by atoms with Crippen molar-refractivity contribution in [2.75, 3.05) is 18.6 Å². The molecule has 2 aromatic rings. The van der Waals surface area contributed by atoms with Crippen LogP contribution in [-0.2, 0) is 24.5 Å². The summed E-state index contributed by atoms with van der Waals surface area (Å²) >= 11 is 0. The molecule has 0 spiro atoms. The fraction of sp³-hybridized carbons (Fsp3) is 0.235. The van der Waals surface area contributed by atoms with Crippen molar-refractivity contribution in [3.8, 4) is 11.1 Å². The van der Waals surface area contributed by atoms with E-state index >= 15 is 0 Å². The van der Waals surface area contributed by atoms with E-state index < -0.39 is 38.1 Å². The van der Waals surface area contributed by atoms with Gasteiger partial charge in [0, 0.05) is 6.26 Å². The average Bonchev–Trinajstić information content (AvgIpc) is 2.65. The smallest absolute Gasteiger partial charge is 0.233 e. The highest BCUT2D eigenvalue weighted by Gasteiger charge is 2.24. The van der Waals surface area contributed by atoms with Crippen LogP contribution in [0.15, 0.2) is 58.3 Å². The molecule has 2 N–H and O–H groups in total. The number of benzene rings is 2. The molecule has 0 fully saturated rings. The van der Waals surface area contributed by atoms with Crippen molar-refractivity contribution < 1.29 is 31.9 Å². The molecule has 0 aliphatic rings. The van der Waals surface area contributed by atoms with Crippen LogP contribution in [-0.4, -0.2) is 63.3 Å². The van der Waals surface area contributed by atoms with E-state index in [4.69, 9.17) is 5.11 Å². The number of hydrogen-bond acceptors (Lipinski definition) is 7. The van der Waals surface area contributed by atoms with E-state index in [9.17, 15) is 26.8 Å². The van der Waals surface area contributed by atoms with Crippen LogP contribution in [0.2, 0.25) is 0 Å². The second-order valence-corrected chi connectivity index (χ2v) is 9.97. The minimum absolute atomic E-state index is 0.0274. The molecule has 0 aliphatic carbocycles. The van der Waals surface area contributed by atoms with Crippen molar-refractivity contribution in [2.45, 2.75) is 15.8 Å². The van der Waals surface area contributed by atoms with Gasteiger partial charge in [0.25, 0.3) is 0 Å². The molecule has 27 heavy (non-hydrogen) atoms. The first kappa shape index (κ1) is 21.0. The van der Waals surface area contributed by atoms with Gasteiger partial charge in [-0.05, 0) is 35.4 Å². The van der Waals surface area contributed by atoms with Gasteiger partial charge in [0.15, 0.2) is 19.7 Å². The minimum atomic E-state index is -3.85. The van der Waals surface area contributed by atoms with Crippen molar-refractivity contribution in [3.05, 3.63) is 48.5 Å². The predicted octanol–water partition coefficient (Wildman–Crippen LogP) is 0.739. The lowest BCUT2D eigenvalue weighted by Gasteiger charge is -2.20. The normalized spacial score (nSPS) is 13.1. The number of rotatable bonds is 8. The summed E-state index contributed by atoms with van der Waals surface area (Å²) in [6, 6.07) is 10.8. The average molecular weight is 413 g/mol. The molecule has 0 saturated heterocycles. The number of hydrogen-bond donors (Lipinski definition) is 2. The molecule has 0 aliphatic heterocycles. The quantitative estimate of drug-likeness (QED) is 0.371. The molecule has 0 aromatic heterocycles. The molecule has 2 rings (SSSR count). The molecule has 1 amide bonds. The Morgan fingerprint density at radius 1 is 0.926 bits per heavy atom. The van der Waals surface area contributed by atoms with E-state index in [1.54, 1.807) is 24.3 Å². The molecule has 10 heteroatoms. The van der Waals surface area contributed by atoms with Crippen LogP contribution < -0.4 is 0 Å². The van der Waals surface area contributed by atoms with Crippen molar-refractivity contribution >= 4 is 26.1 Å². The van der Waals surface area contributed by atoms with Crippen LogP contribution in [0, 0.1) is 0 Å². The molecule has 0 radical (unpaired) electrons. The first-order chi connectivity index (χ1) is 12.6. The molecule has 1 unspecified atom stereocenters. The van der Waals surface area contributed by atoms with Gasteiger partial charge in [-0.3, -0.25) is 10.0 Å². The standard InChI is InChI=1S/C17H19NO7S2/c1-26(22,23)16-6-2-13(3-7-16)14-4-8-17(9-5-14)27(24,25)11-15(10-19)18(21)12-20/h2-9,12,15,19,21H,10-11H2,1H3. The number of sulfone groups is 2. The Bertz CT molecular complexity index is 998. The van der Waals surface area contributed by atoms with Crippen LogP contribution in [0.25, 0.3) is 11.1 Å². The van der Waals surface area contributed by atoms with Crippen LogP contribution in [0.4, 0.5) is 0 Å². The number of amides is 1. The first-order valence-electron chi connectivity index (χ1n) is 7.75. The van der Waals surface area contributed by atoms with Gasteiger partial charge in [-0.15, -0.1) is 0 Å². The third-order valence-corrected chi connectivity index (χ3v) is 6.88. The maximum Gasteiger partial charge on any atom is 0.233 e. The fourth-order valence-electron chi connectivity index (χ4n) is 2.40. The Morgan fingerprint density at radius 2 is 1.37 bits per heavy atom. The molecule has 1 atom stereocenters. The number of hydroxylamine groups is 2. The van der Waals surface area contributed by atoms with E-state index in [-0.39, 0.29) is 21.3 Å². The second kappa shape index (κ2) is 8.17. The third-order valence-electron chi connectivity index (χ3n) is 3.93. The third kappa shape index (κ3) is 5.13. The largest absolute Gasteiger partial charge is 0.394 e. The molecule has 2 aromatic carbocycles. The maximum absolute atomic E-state index is 12.4. The summed E-state index contributed by atoms with van der Waals surface area (Å²) in [5.41, 5.74) is 1.39. The predicted molar refractivity (Wildman–Crippen MR) is 97.6 cm³/mol. The Morgan fingerprint density at radius 3 is 1.74 bits per heavy atom. The molecule has 0 heterocycles. The summed E-state index contributed by atoms with van der Waals surface area (Å²) < 4.78 is 47.8. The van der Waals surface area contributed by atoms with E-state index in [1.807, 2.05) is 0 Å². The maximum atomic E-state index is 12.4. The Balaban J connectivity index is 2.24. The van der Waals surface area contributed by atoms with E-state index in [2.05, 4.69) is 0 Å². The van der Waals surface area contributed by atoms with E-state index in [0.29, 0.717) is 11.1 Å². The topological polar surface area (TPSA) is 129 Å². The molecule has 8 nitrogen and oxygen atoms in total.